The molecule has 1 aromatic carbocycles. The van der Waals surface area contributed by atoms with E-state index in [1.807, 2.05) is 26.0 Å². The Morgan fingerprint density at radius 1 is 1.24 bits per heavy atom. The molecule has 1 aliphatic carbocycles. The molecular formula is C22H19N3O4. The van der Waals surface area contributed by atoms with Crippen LogP contribution < -0.4 is 0 Å². The predicted octanol–water partition coefficient (Wildman–Crippen LogP) is 4.55. The average Bonchev–Trinajstić information content (AvgIpc) is 3.20. The number of ether oxygens (including phenoxy) is 1. The zero-order valence-electron chi connectivity index (χ0n) is 16.1. The van der Waals surface area contributed by atoms with Gasteiger partial charge in [-0.2, -0.15) is 5.26 Å². The van der Waals surface area contributed by atoms with E-state index in [0.29, 0.717) is 35.6 Å². The summed E-state index contributed by atoms with van der Waals surface area (Å²) in [5.41, 5.74) is 0.865. The zero-order valence-corrected chi connectivity index (χ0v) is 16.1. The summed E-state index contributed by atoms with van der Waals surface area (Å²) in [6, 6.07) is 11.9. The summed E-state index contributed by atoms with van der Waals surface area (Å²) in [4.78, 5) is 23.9. The van der Waals surface area contributed by atoms with E-state index >= 15 is 0 Å². The first-order valence-electron chi connectivity index (χ1n) is 9.27. The fourth-order valence-corrected chi connectivity index (χ4v) is 4.06. The minimum Gasteiger partial charge on any atom is -0.443 e. The van der Waals surface area contributed by atoms with Crippen molar-refractivity contribution >= 4 is 17.4 Å². The van der Waals surface area contributed by atoms with Crippen molar-refractivity contribution in [2.75, 3.05) is 0 Å². The molecule has 0 spiro atoms. The summed E-state index contributed by atoms with van der Waals surface area (Å²) < 4.78 is 7.81. The van der Waals surface area contributed by atoms with Crippen LogP contribution in [-0.2, 0) is 9.53 Å². The van der Waals surface area contributed by atoms with Gasteiger partial charge in [0.15, 0.2) is 5.78 Å². The maximum Gasteiger partial charge on any atom is 0.269 e. The Labute approximate surface area is 167 Å². The van der Waals surface area contributed by atoms with E-state index in [-0.39, 0.29) is 22.5 Å². The summed E-state index contributed by atoms with van der Waals surface area (Å²) in [5, 5.41) is 21.3. The molecule has 0 N–H and O–H groups in total. The fraction of sp³-hybridized carbons (Fsp3) is 0.273. The second-order valence-electron chi connectivity index (χ2n) is 8.09. The Balaban J connectivity index is 1.96. The third-order valence-corrected chi connectivity index (χ3v) is 5.28. The molecule has 7 nitrogen and oxygen atoms in total. The van der Waals surface area contributed by atoms with Crippen molar-refractivity contribution < 1.29 is 14.5 Å². The van der Waals surface area contributed by atoms with E-state index in [2.05, 4.69) is 6.07 Å². The monoisotopic (exact) mass is 389 g/mol. The number of hydrogen-bond acceptors (Lipinski definition) is 5. The van der Waals surface area contributed by atoms with E-state index in [9.17, 15) is 20.2 Å². The second kappa shape index (κ2) is 6.74. The van der Waals surface area contributed by atoms with Crippen LogP contribution in [-0.4, -0.2) is 15.3 Å². The molecule has 1 atom stereocenters. The number of carbonyl (C=O) groups is 1. The molecule has 2 aromatic rings. The molecule has 0 saturated carbocycles. The molecule has 2 heterocycles. The van der Waals surface area contributed by atoms with Crippen molar-refractivity contribution in [1.82, 2.24) is 4.57 Å². The molecule has 2 aliphatic rings. The van der Waals surface area contributed by atoms with E-state index in [1.165, 1.54) is 12.1 Å². The molecule has 1 aromatic heterocycles. The number of nitro groups is 1. The van der Waals surface area contributed by atoms with Crippen LogP contribution in [0.15, 0.2) is 65.7 Å². The molecule has 29 heavy (non-hydrogen) atoms. The van der Waals surface area contributed by atoms with Gasteiger partial charge in [-0.05, 0) is 23.1 Å². The van der Waals surface area contributed by atoms with Crippen molar-refractivity contribution in [2.24, 2.45) is 5.41 Å². The SMILES string of the molecule is CC1(C)CC(=O)C2=C(C1)OC(n1cccc1)=C(C#N)C2c1cccc([N+](=O)[O-])c1. The van der Waals surface area contributed by atoms with Gasteiger partial charge in [0, 0.05) is 42.9 Å². The van der Waals surface area contributed by atoms with Gasteiger partial charge in [-0.3, -0.25) is 19.5 Å². The van der Waals surface area contributed by atoms with E-state index in [4.69, 9.17) is 4.74 Å². The molecule has 0 radical (unpaired) electrons. The van der Waals surface area contributed by atoms with Gasteiger partial charge in [0.2, 0.25) is 5.88 Å². The normalized spacial score (nSPS) is 20.7. The van der Waals surface area contributed by atoms with Crippen LogP contribution in [0.5, 0.6) is 0 Å². The number of rotatable bonds is 3. The lowest BCUT2D eigenvalue weighted by Crippen LogP contribution is -2.32. The Morgan fingerprint density at radius 3 is 2.62 bits per heavy atom. The Morgan fingerprint density at radius 2 is 1.97 bits per heavy atom. The third kappa shape index (κ3) is 3.23. The molecule has 0 fully saturated rings. The number of nitro benzene ring substituents is 1. The summed E-state index contributed by atoms with van der Waals surface area (Å²) in [7, 11) is 0. The number of benzene rings is 1. The van der Waals surface area contributed by atoms with Crippen molar-refractivity contribution in [3.8, 4) is 6.07 Å². The molecular weight excluding hydrogens is 370 g/mol. The number of carbonyl (C=O) groups excluding carboxylic acids is 1. The number of nitrogens with zero attached hydrogens (tertiary/aromatic N) is 3. The first-order valence-corrected chi connectivity index (χ1v) is 9.27. The number of ketones is 1. The van der Waals surface area contributed by atoms with Gasteiger partial charge >= 0.3 is 0 Å². The van der Waals surface area contributed by atoms with Crippen molar-refractivity contribution in [2.45, 2.75) is 32.6 Å². The van der Waals surface area contributed by atoms with E-state index < -0.39 is 10.8 Å². The van der Waals surface area contributed by atoms with Gasteiger partial charge in [-0.1, -0.05) is 26.0 Å². The number of nitriles is 1. The molecule has 0 bridgehead atoms. The first kappa shape index (κ1) is 18.7. The number of Topliss-reactive ketones (excluding diaryl/α,β-unsaturated/α-hetero) is 1. The first-order chi connectivity index (χ1) is 13.8. The summed E-state index contributed by atoms with van der Waals surface area (Å²) in [6.07, 6.45) is 4.40. The van der Waals surface area contributed by atoms with Gasteiger partial charge < -0.3 is 4.74 Å². The summed E-state index contributed by atoms with van der Waals surface area (Å²) >= 11 is 0. The number of non-ortho nitro benzene ring substituents is 1. The summed E-state index contributed by atoms with van der Waals surface area (Å²) in [5.74, 6) is 0.0698. The molecule has 4 rings (SSSR count). The number of allylic oxidation sites excluding steroid dienone is 3. The van der Waals surface area contributed by atoms with Gasteiger partial charge in [0.05, 0.1) is 10.8 Å². The van der Waals surface area contributed by atoms with Crippen LogP contribution in [0.25, 0.3) is 5.88 Å². The Hall–Kier alpha value is -3.66. The molecule has 7 heteroatoms. The van der Waals surface area contributed by atoms with Gasteiger partial charge in [0.1, 0.15) is 17.4 Å². The van der Waals surface area contributed by atoms with Gasteiger partial charge in [-0.25, -0.2) is 0 Å². The van der Waals surface area contributed by atoms with Crippen molar-refractivity contribution in [3.05, 3.63) is 81.4 Å². The molecule has 0 saturated heterocycles. The predicted molar refractivity (Wildman–Crippen MR) is 105 cm³/mol. The minimum atomic E-state index is -0.704. The molecule has 1 unspecified atom stereocenters. The Bertz CT molecular complexity index is 1120. The van der Waals surface area contributed by atoms with Crippen molar-refractivity contribution in [1.29, 1.82) is 5.26 Å². The van der Waals surface area contributed by atoms with Crippen LogP contribution >= 0.6 is 0 Å². The smallest absolute Gasteiger partial charge is 0.269 e. The third-order valence-electron chi connectivity index (χ3n) is 5.28. The topological polar surface area (TPSA) is 98.2 Å². The van der Waals surface area contributed by atoms with E-state index in [0.717, 1.165) is 0 Å². The van der Waals surface area contributed by atoms with Crippen molar-refractivity contribution in [3.63, 3.8) is 0 Å². The highest BCUT2D eigenvalue weighted by atomic mass is 16.6. The van der Waals surface area contributed by atoms with Gasteiger partial charge in [-0.15, -0.1) is 0 Å². The maximum absolute atomic E-state index is 13.1. The minimum absolute atomic E-state index is 0.0838. The second-order valence-corrected chi connectivity index (χ2v) is 8.09. The lowest BCUT2D eigenvalue weighted by atomic mass is 9.70. The Kier molecular flexibility index (Phi) is 4.35. The highest BCUT2D eigenvalue weighted by Gasteiger charge is 2.43. The lowest BCUT2D eigenvalue weighted by Gasteiger charge is -2.38. The molecule has 0 amide bonds. The molecule has 146 valence electrons. The van der Waals surface area contributed by atoms with Crippen LogP contribution in [0.1, 0.15) is 38.2 Å². The zero-order chi connectivity index (χ0) is 20.8. The number of aromatic nitrogens is 1. The summed E-state index contributed by atoms with van der Waals surface area (Å²) in [6.45, 7) is 4.00. The molecule has 1 aliphatic heterocycles. The number of hydrogen-bond donors (Lipinski definition) is 0. The van der Waals surface area contributed by atoms with Crippen LogP contribution in [0, 0.1) is 26.9 Å². The average molecular weight is 389 g/mol. The highest BCUT2D eigenvalue weighted by molar-refractivity contribution is 6.00. The quantitative estimate of drug-likeness (QED) is 0.567. The van der Waals surface area contributed by atoms with Crippen LogP contribution in [0.2, 0.25) is 0 Å². The lowest BCUT2D eigenvalue weighted by molar-refractivity contribution is -0.384. The van der Waals surface area contributed by atoms with Crippen LogP contribution in [0.4, 0.5) is 5.69 Å². The standard InChI is InChI=1S/C22H19N3O4/c1-22(2)11-17(26)20-18(12-22)29-21(24-8-3-4-9-24)16(13-23)19(20)14-6-5-7-15(10-14)25(27)28/h3-10,19H,11-12H2,1-2H3. The fourth-order valence-electron chi connectivity index (χ4n) is 4.06. The van der Waals surface area contributed by atoms with Gasteiger partial charge in [0.25, 0.3) is 5.69 Å². The maximum atomic E-state index is 13.1. The largest absolute Gasteiger partial charge is 0.443 e. The van der Waals surface area contributed by atoms with Crippen LogP contribution in [0.3, 0.4) is 0 Å². The van der Waals surface area contributed by atoms with E-state index in [1.54, 1.807) is 29.1 Å². The highest BCUT2D eigenvalue weighted by Crippen LogP contribution is 2.49.